The molecule has 7 heteroatoms. The predicted octanol–water partition coefficient (Wildman–Crippen LogP) is -1.08. The van der Waals surface area contributed by atoms with Gasteiger partial charge in [-0.3, -0.25) is 0 Å². The van der Waals surface area contributed by atoms with Crippen LogP contribution in [0.4, 0.5) is 0 Å². The third-order valence-electron chi connectivity index (χ3n) is 1.62. The molecule has 0 aliphatic rings. The van der Waals surface area contributed by atoms with Gasteiger partial charge in [-0.05, 0) is 13.0 Å². The van der Waals surface area contributed by atoms with Gasteiger partial charge >= 0.3 is 0 Å². The Morgan fingerprint density at radius 1 is 1.27 bits per heavy atom. The van der Waals surface area contributed by atoms with Crippen LogP contribution in [-0.2, 0) is 19.5 Å². The molecule has 0 amide bonds. The first kappa shape index (κ1) is 14.8. The number of nitrogens with one attached hydrogen (secondary N) is 1. The summed E-state index contributed by atoms with van der Waals surface area (Å²) >= 11 is 0. The van der Waals surface area contributed by atoms with Crippen LogP contribution in [0.15, 0.2) is 0 Å². The largest absolute Gasteiger partial charge is 0.382 e. The van der Waals surface area contributed by atoms with Crippen LogP contribution in [0.25, 0.3) is 0 Å². The fourth-order valence-electron chi connectivity index (χ4n) is 0.859. The predicted molar refractivity (Wildman–Crippen MR) is 58.2 cm³/mol. The van der Waals surface area contributed by atoms with Gasteiger partial charge in [-0.2, -0.15) is 0 Å². The van der Waals surface area contributed by atoms with Crippen LogP contribution >= 0.6 is 0 Å². The topological polar surface area (TPSA) is 90.6 Å². The summed E-state index contributed by atoms with van der Waals surface area (Å²) in [6.45, 7) is 2.01. The van der Waals surface area contributed by atoms with E-state index in [0.717, 1.165) is 0 Å². The Bertz CT molecular complexity index is 231. The summed E-state index contributed by atoms with van der Waals surface area (Å²) in [5.41, 5.74) is 5.21. The summed E-state index contributed by atoms with van der Waals surface area (Å²) in [6, 6.07) is 0. The van der Waals surface area contributed by atoms with E-state index in [0.29, 0.717) is 32.8 Å². The zero-order valence-electron chi connectivity index (χ0n) is 9.07. The van der Waals surface area contributed by atoms with Crippen LogP contribution in [-0.4, -0.2) is 54.2 Å². The van der Waals surface area contributed by atoms with Crippen LogP contribution in [0.2, 0.25) is 0 Å². The van der Waals surface area contributed by atoms with Crippen molar-refractivity contribution in [1.29, 1.82) is 0 Å². The summed E-state index contributed by atoms with van der Waals surface area (Å²) in [7, 11) is -1.60. The first-order valence-electron chi connectivity index (χ1n) is 4.86. The molecule has 0 heterocycles. The smallest absolute Gasteiger partial charge is 0.211 e. The van der Waals surface area contributed by atoms with Crippen LogP contribution < -0.4 is 10.5 Å². The van der Waals surface area contributed by atoms with Gasteiger partial charge < -0.3 is 15.2 Å². The Hall–Kier alpha value is -0.210. The van der Waals surface area contributed by atoms with Crippen molar-refractivity contribution in [3.63, 3.8) is 0 Å². The molecule has 0 aromatic rings. The highest BCUT2D eigenvalue weighted by molar-refractivity contribution is 7.89. The lowest BCUT2D eigenvalue weighted by molar-refractivity contribution is 0.0736. The molecule has 0 saturated heterocycles. The summed E-state index contributed by atoms with van der Waals surface area (Å²) in [5.74, 6) is 0.0710. The lowest BCUT2D eigenvalue weighted by Gasteiger charge is -2.06. The molecule has 0 aliphatic carbocycles. The van der Waals surface area contributed by atoms with Gasteiger partial charge in [-0.15, -0.1) is 0 Å². The van der Waals surface area contributed by atoms with Gasteiger partial charge in [0, 0.05) is 13.7 Å². The second-order valence-corrected chi connectivity index (χ2v) is 4.89. The average molecular weight is 240 g/mol. The summed E-state index contributed by atoms with van der Waals surface area (Å²) in [5, 5.41) is 0. The molecule has 92 valence electrons. The van der Waals surface area contributed by atoms with Gasteiger partial charge in [-0.25, -0.2) is 13.1 Å². The van der Waals surface area contributed by atoms with Gasteiger partial charge in [0.2, 0.25) is 10.0 Å². The molecule has 0 bridgehead atoms. The van der Waals surface area contributed by atoms with Gasteiger partial charge in [-0.1, -0.05) is 0 Å². The molecule has 0 aromatic heterocycles. The fraction of sp³-hybridized carbons (Fsp3) is 1.00. The van der Waals surface area contributed by atoms with Crippen LogP contribution in [0.3, 0.4) is 0 Å². The number of hydrogen-bond acceptors (Lipinski definition) is 5. The molecule has 0 rings (SSSR count). The Kier molecular flexibility index (Phi) is 8.92. The van der Waals surface area contributed by atoms with E-state index in [1.54, 1.807) is 7.11 Å². The maximum Gasteiger partial charge on any atom is 0.211 e. The van der Waals surface area contributed by atoms with Crippen molar-refractivity contribution in [2.75, 3.05) is 45.8 Å². The summed E-state index contributed by atoms with van der Waals surface area (Å²) in [4.78, 5) is 0. The highest BCUT2D eigenvalue weighted by atomic mass is 32.2. The first-order valence-corrected chi connectivity index (χ1v) is 6.51. The van der Waals surface area contributed by atoms with Crippen molar-refractivity contribution in [3.05, 3.63) is 0 Å². The molecule has 0 radical (unpaired) electrons. The SMILES string of the molecule is COCCOCCNS(=O)(=O)CCCN. The molecule has 0 fully saturated rings. The molecule has 0 unspecified atom stereocenters. The van der Waals surface area contributed by atoms with Crippen molar-refractivity contribution in [3.8, 4) is 0 Å². The van der Waals surface area contributed by atoms with Crippen molar-refractivity contribution < 1.29 is 17.9 Å². The average Bonchev–Trinajstić information content (AvgIpc) is 2.20. The molecule has 0 aromatic carbocycles. The number of sulfonamides is 1. The zero-order chi connectivity index (χ0) is 11.6. The van der Waals surface area contributed by atoms with Crippen molar-refractivity contribution in [1.82, 2.24) is 4.72 Å². The molecular formula is C8H20N2O4S. The monoisotopic (exact) mass is 240 g/mol. The quantitative estimate of drug-likeness (QED) is 0.474. The van der Waals surface area contributed by atoms with E-state index in [4.69, 9.17) is 15.2 Å². The highest BCUT2D eigenvalue weighted by Gasteiger charge is 2.07. The van der Waals surface area contributed by atoms with Gasteiger partial charge in [0.05, 0.1) is 25.6 Å². The number of hydrogen-bond donors (Lipinski definition) is 2. The van der Waals surface area contributed by atoms with Crippen LogP contribution in [0.5, 0.6) is 0 Å². The van der Waals surface area contributed by atoms with E-state index in [2.05, 4.69) is 4.72 Å². The van der Waals surface area contributed by atoms with Crippen molar-refractivity contribution >= 4 is 10.0 Å². The number of rotatable bonds is 10. The molecule has 6 nitrogen and oxygen atoms in total. The van der Waals surface area contributed by atoms with Gasteiger partial charge in [0.1, 0.15) is 0 Å². The van der Waals surface area contributed by atoms with Gasteiger partial charge in [0.25, 0.3) is 0 Å². The van der Waals surface area contributed by atoms with E-state index in [1.165, 1.54) is 0 Å². The van der Waals surface area contributed by atoms with Crippen LogP contribution in [0.1, 0.15) is 6.42 Å². The molecular weight excluding hydrogens is 220 g/mol. The normalized spacial score (nSPS) is 11.9. The second-order valence-electron chi connectivity index (χ2n) is 2.96. The lowest BCUT2D eigenvalue weighted by atomic mass is 10.5. The van der Waals surface area contributed by atoms with Crippen molar-refractivity contribution in [2.24, 2.45) is 5.73 Å². The minimum atomic E-state index is -3.18. The number of nitrogens with two attached hydrogens (primary N) is 1. The highest BCUT2D eigenvalue weighted by Crippen LogP contribution is 1.87. The minimum absolute atomic E-state index is 0.0710. The third kappa shape index (κ3) is 10.1. The molecule has 0 atom stereocenters. The third-order valence-corrected chi connectivity index (χ3v) is 3.09. The lowest BCUT2D eigenvalue weighted by Crippen LogP contribution is -2.30. The number of methoxy groups -OCH3 is 1. The number of ether oxygens (including phenoxy) is 2. The van der Waals surface area contributed by atoms with E-state index < -0.39 is 10.0 Å². The molecule has 15 heavy (non-hydrogen) atoms. The van der Waals surface area contributed by atoms with Crippen molar-refractivity contribution in [2.45, 2.75) is 6.42 Å². The Labute approximate surface area is 91.2 Å². The first-order chi connectivity index (χ1) is 7.12. The fourth-order valence-corrected chi connectivity index (χ4v) is 1.94. The minimum Gasteiger partial charge on any atom is -0.382 e. The van der Waals surface area contributed by atoms with Gasteiger partial charge in [0.15, 0.2) is 0 Å². The van der Waals surface area contributed by atoms with E-state index in [-0.39, 0.29) is 12.3 Å². The standard InChI is InChI=1S/C8H20N2O4S/c1-13-6-7-14-5-4-10-15(11,12)8-2-3-9/h10H,2-9H2,1H3. The molecule has 0 aliphatic heterocycles. The van der Waals surface area contributed by atoms with E-state index >= 15 is 0 Å². The Morgan fingerprint density at radius 2 is 2.00 bits per heavy atom. The zero-order valence-corrected chi connectivity index (χ0v) is 9.88. The van der Waals surface area contributed by atoms with E-state index in [1.807, 2.05) is 0 Å². The second kappa shape index (κ2) is 9.05. The Morgan fingerprint density at radius 3 is 2.60 bits per heavy atom. The maximum atomic E-state index is 11.2. The Balaban J connectivity index is 3.41. The molecule has 0 saturated carbocycles. The molecule has 0 spiro atoms. The molecule has 3 N–H and O–H groups in total. The summed E-state index contributed by atoms with van der Waals surface area (Å²) < 4.78 is 34.7. The van der Waals surface area contributed by atoms with E-state index in [9.17, 15) is 8.42 Å². The maximum absolute atomic E-state index is 11.2. The summed E-state index contributed by atoms with van der Waals surface area (Å²) in [6.07, 6.45) is 0.472. The van der Waals surface area contributed by atoms with Crippen LogP contribution in [0, 0.1) is 0 Å².